The van der Waals surface area contributed by atoms with E-state index in [1.165, 1.54) is 11.1 Å². The highest BCUT2D eigenvalue weighted by molar-refractivity contribution is 6.42. The van der Waals surface area contributed by atoms with Gasteiger partial charge in [-0.1, -0.05) is 36.0 Å². The van der Waals surface area contributed by atoms with Gasteiger partial charge >= 0.3 is 0 Å². The second-order valence-corrected chi connectivity index (χ2v) is 7.10. The molecule has 1 fully saturated rings. The van der Waals surface area contributed by atoms with Crippen molar-refractivity contribution in [3.05, 3.63) is 33.3 Å². The summed E-state index contributed by atoms with van der Waals surface area (Å²) in [6, 6.07) is 3.95. The average molecular weight is 351 g/mol. The van der Waals surface area contributed by atoms with E-state index < -0.39 is 5.60 Å². The number of hydrogen-bond acceptors (Lipinski definition) is 2. The minimum atomic E-state index is -0.630. The maximum atomic E-state index is 11.2. The van der Waals surface area contributed by atoms with Gasteiger partial charge in [-0.3, -0.25) is 0 Å². The number of fused-ring (bicyclic) bond motifs is 3. The molecule has 0 saturated heterocycles. The summed E-state index contributed by atoms with van der Waals surface area (Å²) in [5, 5.41) is 12.4. The topological polar surface area (TPSA) is 46.2 Å². The van der Waals surface area contributed by atoms with Crippen LogP contribution < -0.4 is 5.73 Å². The quantitative estimate of drug-likeness (QED) is 0.837. The zero-order valence-corrected chi connectivity index (χ0v) is 14.3. The summed E-state index contributed by atoms with van der Waals surface area (Å²) >= 11 is 12.4. The summed E-state index contributed by atoms with van der Waals surface area (Å²) in [4.78, 5) is 0. The van der Waals surface area contributed by atoms with Gasteiger partial charge in [0.1, 0.15) is 0 Å². The summed E-state index contributed by atoms with van der Waals surface area (Å²) in [6.45, 7) is 0.585. The van der Waals surface area contributed by atoms with Crippen LogP contribution in [0, 0.1) is 0 Å². The molecule has 0 aliphatic heterocycles. The van der Waals surface area contributed by atoms with Gasteiger partial charge in [-0.15, -0.1) is 12.4 Å². The fraction of sp³-hybridized carbons (Fsp3) is 0.625. The molecule has 0 amide bonds. The molecule has 1 aromatic carbocycles. The van der Waals surface area contributed by atoms with E-state index in [2.05, 4.69) is 0 Å². The predicted octanol–water partition coefficient (Wildman–Crippen LogP) is 4.25. The Labute approximate surface area is 142 Å². The summed E-state index contributed by atoms with van der Waals surface area (Å²) < 4.78 is 0. The van der Waals surface area contributed by atoms with Crippen LogP contribution in [-0.4, -0.2) is 17.3 Å². The van der Waals surface area contributed by atoms with E-state index in [1.54, 1.807) is 0 Å². The number of aliphatic hydroxyl groups is 1. The van der Waals surface area contributed by atoms with Crippen LogP contribution in [0.2, 0.25) is 10.0 Å². The largest absolute Gasteiger partial charge is 0.389 e. The van der Waals surface area contributed by atoms with Gasteiger partial charge < -0.3 is 10.8 Å². The zero-order valence-electron chi connectivity index (χ0n) is 12.0. The molecule has 2 atom stereocenters. The third-order valence-corrected chi connectivity index (χ3v) is 6.10. The highest BCUT2D eigenvalue weighted by atomic mass is 35.5. The van der Waals surface area contributed by atoms with Crippen LogP contribution in [0.1, 0.15) is 49.7 Å². The van der Waals surface area contributed by atoms with Gasteiger partial charge in [-0.2, -0.15) is 0 Å². The predicted molar refractivity (Wildman–Crippen MR) is 90.8 cm³/mol. The summed E-state index contributed by atoms with van der Waals surface area (Å²) in [7, 11) is 0. The third-order valence-electron chi connectivity index (χ3n) is 5.38. The summed E-state index contributed by atoms with van der Waals surface area (Å²) in [6.07, 6.45) is 6.58. The highest BCUT2D eigenvalue weighted by Crippen LogP contribution is 2.55. The standard InChI is InChI=1S/C16H21Cl2NO.ClH/c17-13-9-11-3-6-16(20)5-2-1-4-15(16,7-8-19)12(11)10-14(13)18;/h9-10,20H,1-8,19H2;1H. The van der Waals surface area contributed by atoms with Gasteiger partial charge in [-0.25, -0.2) is 0 Å². The molecule has 0 aromatic heterocycles. The lowest BCUT2D eigenvalue weighted by Gasteiger charge is -2.54. The molecule has 118 valence electrons. The van der Waals surface area contributed by atoms with Gasteiger partial charge in [0.25, 0.3) is 0 Å². The van der Waals surface area contributed by atoms with Crippen LogP contribution in [0.15, 0.2) is 12.1 Å². The Morgan fingerprint density at radius 2 is 1.76 bits per heavy atom. The molecule has 1 saturated carbocycles. The molecular formula is C16H22Cl3NO. The van der Waals surface area contributed by atoms with Crippen LogP contribution in [0.4, 0.5) is 0 Å². The first-order valence-electron chi connectivity index (χ1n) is 7.43. The van der Waals surface area contributed by atoms with Gasteiger partial charge in [0.05, 0.1) is 15.6 Å². The minimum absolute atomic E-state index is 0. The van der Waals surface area contributed by atoms with Crippen molar-refractivity contribution in [2.24, 2.45) is 5.73 Å². The third kappa shape index (κ3) is 2.60. The molecule has 2 nitrogen and oxygen atoms in total. The molecule has 3 rings (SSSR count). The number of hydrogen-bond donors (Lipinski definition) is 2. The van der Waals surface area contributed by atoms with E-state index in [1.807, 2.05) is 12.1 Å². The number of aryl methyl sites for hydroxylation is 1. The van der Waals surface area contributed by atoms with Crippen molar-refractivity contribution < 1.29 is 5.11 Å². The monoisotopic (exact) mass is 349 g/mol. The second-order valence-electron chi connectivity index (χ2n) is 6.28. The Balaban J connectivity index is 0.00000161. The Hall–Kier alpha value is 0.01000. The first kappa shape index (κ1) is 17.4. The smallest absolute Gasteiger partial charge is 0.0747 e. The molecule has 1 aromatic rings. The second kappa shape index (κ2) is 6.25. The van der Waals surface area contributed by atoms with E-state index in [4.69, 9.17) is 28.9 Å². The first-order chi connectivity index (χ1) is 9.52. The Bertz CT molecular complexity index is 532. The zero-order chi connectivity index (χ0) is 14.4. The van der Waals surface area contributed by atoms with Crippen LogP contribution >= 0.6 is 35.6 Å². The molecule has 0 bridgehead atoms. The summed E-state index contributed by atoms with van der Waals surface area (Å²) in [5.74, 6) is 0. The number of benzene rings is 1. The molecular weight excluding hydrogens is 329 g/mol. The van der Waals surface area contributed by atoms with E-state index in [0.29, 0.717) is 16.6 Å². The van der Waals surface area contributed by atoms with Crippen molar-refractivity contribution in [3.8, 4) is 0 Å². The van der Waals surface area contributed by atoms with E-state index in [0.717, 1.165) is 44.9 Å². The molecule has 0 spiro atoms. The van der Waals surface area contributed by atoms with Crippen LogP contribution in [0.3, 0.4) is 0 Å². The van der Waals surface area contributed by atoms with Crippen molar-refractivity contribution in [3.63, 3.8) is 0 Å². The molecule has 2 aliphatic rings. The lowest BCUT2D eigenvalue weighted by atomic mass is 9.53. The first-order valence-corrected chi connectivity index (χ1v) is 8.19. The van der Waals surface area contributed by atoms with Crippen LogP contribution in [-0.2, 0) is 11.8 Å². The normalized spacial score (nSPS) is 31.0. The van der Waals surface area contributed by atoms with Crippen LogP contribution in [0.25, 0.3) is 0 Å². The van der Waals surface area contributed by atoms with Gasteiger partial charge in [0.15, 0.2) is 0 Å². The molecule has 21 heavy (non-hydrogen) atoms. The number of nitrogens with two attached hydrogens (primary N) is 1. The SMILES string of the molecule is Cl.NCCC12CCCCC1(O)CCc1cc(Cl)c(Cl)cc12. The maximum Gasteiger partial charge on any atom is 0.0747 e. The van der Waals surface area contributed by atoms with Gasteiger partial charge in [0, 0.05) is 5.41 Å². The maximum absolute atomic E-state index is 11.2. The Kier molecular flexibility index (Phi) is 5.17. The molecule has 0 heterocycles. The number of rotatable bonds is 2. The molecule has 2 unspecified atom stereocenters. The fourth-order valence-corrected chi connectivity index (χ4v) is 4.74. The van der Waals surface area contributed by atoms with Crippen molar-refractivity contribution in [2.45, 2.75) is 56.0 Å². The van der Waals surface area contributed by atoms with Crippen LogP contribution in [0.5, 0.6) is 0 Å². The Morgan fingerprint density at radius 3 is 2.48 bits per heavy atom. The Morgan fingerprint density at radius 1 is 1.10 bits per heavy atom. The van der Waals surface area contributed by atoms with Crippen molar-refractivity contribution >= 4 is 35.6 Å². The van der Waals surface area contributed by atoms with Crippen molar-refractivity contribution in [2.75, 3.05) is 6.54 Å². The fourth-order valence-electron chi connectivity index (χ4n) is 4.39. The molecule has 0 radical (unpaired) electrons. The van der Waals surface area contributed by atoms with Crippen molar-refractivity contribution in [1.82, 2.24) is 0 Å². The lowest BCUT2D eigenvalue weighted by Crippen LogP contribution is -2.57. The van der Waals surface area contributed by atoms with Gasteiger partial charge in [0.2, 0.25) is 0 Å². The average Bonchev–Trinajstić information content (AvgIpc) is 2.42. The van der Waals surface area contributed by atoms with E-state index in [9.17, 15) is 5.11 Å². The molecule has 5 heteroatoms. The highest BCUT2D eigenvalue weighted by Gasteiger charge is 2.54. The van der Waals surface area contributed by atoms with Gasteiger partial charge in [-0.05, 0) is 61.9 Å². The van der Waals surface area contributed by atoms with Crippen molar-refractivity contribution in [1.29, 1.82) is 0 Å². The van der Waals surface area contributed by atoms with E-state index in [-0.39, 0.29) is 17.8 Å². The summed E-state index contributed by atoms with van der Waals surface area (Å²) in [5.41, 5.74) is 7.43. The lowest BCUT2D eigenvalue weighted by molar-refractivity contribution is -0.0862. The number of halogens is 3. The minimum Gasteiger partial charge on any atom is -0.389 e. The molecule has 3 N–H and O–H groups in total. The molecule has 2 aliphatic carbocycles. The van der Waals surface area contributed by atoms with E-state index >= 15 is 0 Å².